The molecule has 0 amide bonds. The van der Waals surface area contributed by atoms with Crippen LogP contribution in [0.2, 0.25) is 0 Å². The van der Waals surface area contributed by atoms with Crippen molar-refractivity contribution in [1.82, 2.24) is 0 Å². The van der Waals surface area contributed by atoms with Gasteiger partial charge < -0.3 is 0 Å². The van der Waals surface area contributed by atoms with E-state index in [9.17, 15) is 0 Å². The van der Waals surface area contributed by atoms with E-state index < -0.39 is 0 Å². The molecule has 2 rings (SSSR count). The molecule has 1 nitrogen and oxygen atoms in total. The maximum atomic E-state index is 2.31. The van der Waals surface area contributed by atoms with Crippen LogP contribution in [0.3, 0.4) is 0 Å². The quantitative estimate of drug-likeness (QED) is 0.591. The fraction of sp³-hybridized carbons (Fsp3) is 0.300. The zero-order valence-corrected chi connectivity index (χ0v) is 8.14. The molecule has 2 aromatic heterocycles. The normalized spacial score (nSPS) is 11.2. The molecule has 0 saturated heterocycles. The van der Waals surface area contributed by atoms with Crippen molar-refractivity contribution in [3.05, 3.63) is 29.8 Å². The van der Waals surface area contributed by atoms with Crippen LogP contribution in [-0.2, 0) is 0 Å². The number of thiophene rings is 1. The van der Waals surface area contributed by atoms with Crippen LogP contribution < -0.4 is 4.57 Å². The second-order valence-corrected chi connectivity index (χ2v) is 4.08. The van der Waals surface area contributed by atoms with Gasteiger partial charge in [0, 0.05) is 6.07 Å². The highest BCUT2D eigenvalue weighted by Gasteiger charge is 2.11. The smallest absolute Gasteiger partial charge is 0.187 e. The van der Waals surface area contributed by atoms with Gasteiger partial charge in [0.1, 0.15) is 0 Å². The molecule has 12 heavy (non-hydrogen) atoms. The highest BCUT2D eigenvalue weighted by atomic mass is 32.1. The molecular weight excluding hydrogens is 166 g/mol. The molecule has 0 N–H and O–H groups in total. The van der Waals surface area contributed by atoms with E-state index in [1.54, 1.807) is 11.3 Å². The number of pyridine rings is 1. The Labute approximate surface area is 76.3 Å². The number of fused-ring (bicyclic) bond motifs is 1. The number of aromatic nitrogens is 1. The Bertz CT molecular complexity index is 389. The first kappa shape index (κ1) is 7.74. The van der Waals surface area contributed by atoms with Gasteiger partial charge in [-0.25, -0.2) is 0 Å². The van der Waals surface area contributed by atoms with Gasteiger partial charge in [-0.2, -0.15) is 4.57 Å². The van der Waals surface area contributed by atoms with Gasteiger partial charge in [-0.1, -0.05) is 11.3 Å². The zero-order chi connectivity index (χ0) is 8.55. The molecule has 0 atom stereocenters. The Balaban J connectivity index is 2.73. The second-order valence-electron chi connectivity index (χ2n) is 3.19. The molecule has 0 fully saturated rings. The highest BCUT2D eigenvalue weighted by Crippen LogP contribution is 2.16. The first-order valence-corrected chi connectivity index (χ1v) is 5.04. The summed E-state index contributed by atoms with van der Waals surface area (Å²) >= 11 is 1.81. The summed E-state index contributed by atoms with van der Waals surface area (Å²) < 4.78 is 2.31. The van der Waals surface area contributed by atoms with E-state index in [4.69, 9.17) is 0 Å². The molecule has 0 aliphatic heterocycles. The minimum Gasteiger partial charge on any atom is -0.187 e. The van der Waals surface area contributed by atoms with E-state index >= 15 is 0 Å². The molecule has 0 saturated carbocycles. The summed E-state index contributed by atoms with van der Waals surface area (Å²) in [5.41, 5.74) is 0. The number of rotatable bonds is 1. The predicted molar refractivity (Wildman–Crippen MR) is 52.4 cm³/mol. The lowest BCUT2D eigenvalue weighted by molar-refractivity contribution is -0.689. The molecule has 2 aromatic rings. The van der Waals surface area contributed by atoms with Crippen LogP contribution in [0.4, 0.5) is 0 Å². The maximum absolute atomic E-state index is 2.31. The monoisotopic (exact) mass is 178 g/mol. The Hall–Kier alpha value is -0.890. The Morgan fingerprint density at radius 1 is 1.33 bits per heavy atom. The van der Waals surface area contributed by atoms with Gasteiger partial charge in [-0.05, 0) is 31.4 Å². The largest absolute Gasteiger partial charge is 0.268 e. The fourth-order valence-corrected chi connectivity index (χ4v) is 2.37. The van der Waals surface area contributed by atoms with Crippen LogP contribution in [0, 0.1) is 0 Å². The summed E-state index contributed by atoms with van der Waals surface area (Å²) in [5, 5.41) is 3.49. The van der Waals surface area contributed by atoms with Crippen molar-refractivity contribution in [2.45, 2.75) is 19.9 Å². The van der Waals surface area contributed by atoms with Gasteiger partial charge in [0.2, 0.25) is 0 Å². The Morgan fingerprint density at radius 3 is 2.92 bits per heavy atom. The van der Waals surface area contributed by atoms with Crippen molar-refractivity contribution in [2.24, 2.45) is 0 Å². The molecule has 2 heterocycles. The predicted octanol–water partition coefficient (Wildman–Crippen LogP) is 2.77. The number of hydrogen-bond donors (Lipinski definition) is 0. The SMILES string of the molecule is CC(C)[n+]1cccc2ccsc21. The molecule has 0 spiro atoms. The summed E-state index contributed by atoms with van der Waals surface area (Å²) in [6.07, 6.45) is 2.14. The van der Waals surface area contributed by atoms with E-state index in [-0.39, 0.29) is 0 Å². The van der Waals surface area contributed by atoms with E-state index in [1.165, 1.54) is 10.2 Å². The third-order valence-electron chi connectivity index (χ3n) is 1.99. The van der Waals surface area contributed by atoms with Crippen molar-refractivity contribution < 1.29 is 4.57 Å². The average Bonchev–Trinajstić information content (AvgIpc) is 2.49. The molecule has 0 radical (unpaired) electrons. The number of nitrogens with zero attached hydrogens (tertiary/aromatic N) is 1. The maximum Gasteiger partial charge on any atom is 0.268 e. The highest BCUT2D eigenvalue weighted by molar-refractivity contribution is 7.16. The van der Waals surface area contributed by atoms with Gasteiger partial charge in [0.15, 0.2) is 12.2 Å². The van der Waals surface area contributed by atoms with Crippen molar-refractivity contribution in [3.8, 4) is 0 Å². The van der Waals surface area contributed by atoms with Crippen LogP contribution >= 0.6 is 11.3 Å². The molecule has 2 heteroatoms. The molecule has 0 aromatic carbocycles. The van der Waals surface area contributed by atoms with E-state index in [0.29, 0.717) is 6.04 Å². The molecular formula is C10H12NS+. The van der Waals surface area contributed by atoms with Crippen molar-refractivity contribution in [3.63, 3.8) is 0 Å². The van der Waals surface area contributed by atoms with Crippen LogP contribution in [0.5, 0.6) is 0 Å². The molecule has 62 valence electrons. The second kappa shape index (κ2) is 2.87. The molecule has 0 aliphatic carbocycles. The van der Waals surface area contributed by atoms with Gasteiger partial charge in [-0.3, -0.25) is 0 Å². The first-order valence-electron chi connectivity index (χ1n) is 4.16. The lowest BCUT2D eigenvalue weighted by Crippen LogP contribution is -2.35. The topological polar surface area (TPSA) is 3.88 Å². The number of hydrogen-bond acceptors (Lipinski definition) is 1. The summed E-state index contributed by atoms with van der Waals surface area (Å²) in [7, 11) is 0. The standard InChI is InChI=1S/C10H12NS/c1-8(2)11-6-3-4-9-5-7-12-10(9)11/h3-8H,1-2H3/q+1. The minimum absolute atomic E-state index is 0.548. The minimum atomic E-state index is 0.548. The van der Waals surface area contributed by atoms with E-state index in [1.807, 2.05) is 0 Å². The van der Waals surface area contributed by atoms with Crippen molar-refractivity contribution in [2.75, 3.05) is 0 Å². The fourth-order valence-electron chi connectivity index (χ4n) is 1.36. The van der Waals surface area contributed by atoms with Gasteiger partial charge in [0.25, 0.3) is 4.83 Å². The van der Waals surface area contributed by atoms with Gasteiger partial charge in [-0.15, -0.1) is 0 Å². The Kier molecular flexibility index (Phi) is 1.85. The lowest BCUT2D eigenvalue weighted by Gasteiger charge is -1.99. The van der Waals surface area contributed by atoms with Crippen LogP contribution in [0.15, 0.2) is 29.8 Å². The first-order chi connectivity index (χ1) is 5.79. The summed E-state index contributed by atoms with van der Waals surface area (Å²) in [4.78, 5) is 1.37. The van der Waals surface area contributed by atoms with Crippen molar-refractivity contribution in [1.29, 1.82) is 0 Å². The van der Waals surface area contributed by atoms with Gasteiger partial charge >= 0.3 is 0 Å². The van der Waals surface area contributed by atoms with Crippen LogP contribution in [0.25, 0.3) is 10.2 Å². The average molecular weight is 178 g/mol. The molecule has 0 unspecified atom stereocenters. The van der Waals surface area contributed by atoms with E-state index in [0.717, 1.165) is 0 Å². The third kappa shape index (κ3) is 1.12. The summed E-state index contributed by atoms with van der Waals surface area (Å²) in [5.74, 6) is 0. The molecule has 0 bridgehead atoms. The zero-order valence-electron chi connectivity index (χ0n) is 7.32. The molecule has 0 aliphatic rings. The summed E-state index contributed by atoms with van der Waals surface area (Å²) in [6.45, 7) is 4.42. The third-order valence-corrected chi connectivity index (χ3v) is 2.93. The lowest BCUT2D eigenvalue weighted by atomic mass is 10.3. The summed E-state index contributed by atoms with van der Waals surface area (Å²) in [6, 6.07) is 6.98. The van der Waals surface area contributed by atoms with E-state index in [2.05, 4.69) is 48.2 Å². The van der Waals surface area contributed by atoms with Crippen molar-refractivity contribution >= 4 is 21.6 Å². The van der Waals surface area contributed by atoms with Crippen LogP contribution in [0.1, 0.15) is 19.9 Å². The van der Waals surface area contributed by atoms with Gasteiger partial charge in [0.05, 0.1) is 5.39 Å². The Morgan fingerprint density at radius 2 is 2.17 bits per heavy atom. The van der Waals surface area contributed by atoms with Crippen LogP contribution in [-0.4, -0.2) is 0 Å².